The largest absolute Gasteiger partial charge is 0.350 e. The van der Waals surface area contributed by atoms with Crippen LogP contribution in [-0.4, -0.2) is 41.2 Å². The van der Waals surface area contributed by atoms with Crippen molar-refractivity contribution in [1.29, 1.82) is 0 Å². The highest BCUT2D eigenvalue weighted by Gasteiger charge is 2.19. The Hall–Kier alpha value is -3.33. The molecule has 9 nitrogen and oxygen atoms in total. The number of hydrogen-bond acceptors (Lipinski definition) is 7. The van der Waals surface area contributed by atoms with E-state index in [0.29, 0.717) is 11.3 Å². The van der Waals surface area contributed by atoms with Crippen molar-refractivity contribution in [2.75, 3.05) is 26.0 Å². The van der Waals surface area contributed by atoms with Crippen LogP contribution in [-0.2, 0) is 0 Å². The minimum absolute atomic E-state index is 0.0909. The van der Waals surface area contributed by atoms with Gasteiger partial charge in [-0.1, -0.05) is 12.1 Å². The molecule has 0 unspecified atom stereocenters. The Balaban J connectivity index is 2.32. The molecule has 2 aromatic carbocycles. The Morgan fingerprint density at radius 2 is 1.80 bits per heavy atom. The van der Waals surface area contributed by atoms with E-state index in [9.17, 15) is 25.0 Å². The maximum Gasteiger partial charge on any atom is 0.299 e. The first kappa shape index (κ1) is 18.0. The van der Waals surface area contributed by atoms with Crippen LogP contribution in [0.5, 0.6) is 0 Å². The number of Topliss-reactive ketones (excluding diaryl/α,β-unsaturated/α-hetero) is 1. The second-order valence-corrected chi connectivity index (χ2v) is 5.58. The molecule has 0 atom stereocenters. The van der Waals surface area contributed by atoms with Crippen LogP contribution in [0.25, 0.3) is 0 Å². The van der Waals surface area contributed by atoms with Crippen LogP contribution >= 0.6 is 0 Å². The maximum atomic E-state index is 12.1. The standard InChI is InChI=1S/C16H16N4O5/c1-18(2)10-16(21)11-4-3-5-12(8-11)17-14-7-6-13(19(22)23)9-15(14)20(24)25/h3-9,17H,10H2,1-2H3. The van der Waals surface area contributed by atoms with E-state index in [1.165, 1.54) is 12.1 Å². The summed E-state index contributed by atoms with van der Waals surface area (Å²) in [6.45, 7) is 0.237. The molecule has 9 heteroatoms. The van der Waals surface area contributed by atoms with Crippen molar-refractivity contribution in [3.05, 3.63) is 68.3 Å². The minimum Gasteiger partial charge on any atom is -0.350 e. The van der Waals surface area contributed by atoms with Crippen LogP contribution in [0, 0.1) is 20.2 Å². The van der Waals surface area contributed by atoms with E-state index in [1.54, 1.807) is 43.3 Å². The van der Waals surface area contributed by atoms with Crippen molar-refractivity contribution in [1.82, 2.24) is 4.90 Å². The number of carbonyl (C=O) groups is 1. The number of nitrogens with one attached hydrogen (secondary N) is 1. The van der Waals surface area contributed by atoms with Gasteiger partial charge in [0.15, 0.2) is 5.78 Å². The van der Waals surface area contributed by atoms with Crippen molar-refractivity contribution in [3.8, 4) is 0 Å². The van der Waals surface area contributed by atoms with Gasteiger partial charge in [-0.2, -0.15) is 0 Å². The predicted molar refractivity (Wildman–Crippen MR) is 92.4 cm³/mol. The van der Waals surface area contributed by atoms with Gasteiger partial charge in [0.1, 0.15) is 5.69 Å². The van der Waals surface area contributed by atoms with Gasteiger partial charge in [0.25, 0.3) is 11.4 Å². The number of nitrogens with zero attached hydrogens (tertiary/aromatic N) is 3. The zero-order valence-corrected chi connectivity index (χ0v) is 13.6. The zero-order valence-electron chi connectivity index (χ0n) is 13.6. The fourth-order valence-corrected chi connectivity index (χ4v) is 2.19. The van der Waals surface area contributed by atoms with E-state index in [1.807, 2.05) is 0 Å². The third-order valence-corrected chi connectivity index (χ3v) is 3.31. The molecule has 0 saturated heterocycles. The number of nitro benzene ring substituents is 2. The lowest BCUT2D eigenvalue weighted by Crippen LogP contribution is -2.21. The predicted octanol–water partition coefficient (Wildman–Crippen LogP) is 2.99. The first-order valence-electron chi connectivity index (χ1n) is 7.26. The molecule has 0 fully saturated rings. The van der Waals surface area contributed by atoms with Gasteiger partial charge in [0.2, 0.25) is 0 Å². The molecule has 2 rings (SSSR count). The van der Waals surface area contributed by atoms with Crippen LogP contribution in [0.1, 0.15) is 10.4 Å². The Kier molecular flexibility index (Phi) is 5.40. The molecule has 0 aromatic heterocycles. The van der Waals surface area contributed by atoms with Gasteiger partial charge in [0.05, 0.1) is 22.5 Å². The lowest BCUT2D eigenvalue weighted by atomic mass is 10.1. The highest BCUT2D eigenvalue weighted by Crippen LogP contribution is 2.31. The van der Waals surface area contributed by atoms with E-state index in [0.717, 1.165) is 6.07 Å². The van der Waals surface area contributed by atoms with Crippen LogP contribution in [0.15, 0.2) is 42.5 Å². The van der Waals surface area contributed by atoms with Gasteiger partial charge in [0, 0.05) is 17.3 Å². The summed E-state index contributed by atoms with van der Waals surface area (Å²) < 4.78 is 0. The van der Waals surface area contributed by atoms with Crippen molar-refractivity contribution in [2.24, 2.45) is 0 Å². The van der Waals surface area contributed by atoms with Gasteiger partial charge in [-0.25, -0.2) is 0 Å². The van der Waals surface area contributed by atoms with Gasteiger partial charge in [-0.3, -0.25) is 25.0 Å². The lowest BCUT2D eigenvalue weighted by molar-refractivity contribution is -0.393. The molecule has 0 aliphatic heterocycles. The van der Waals surface area contributed by atoms with Gasteiger partial charge >= 0.3 is 0 Å². The number of likely N-dealkylation sites (N-methyl/N-ethyl adjacent to an activating group) is 1. The average molecular weight is 344 g/mol. The molecular weight excluding hydrogens is 328 g/mol. The summed E-state index contributed by atoms with van der Waals surface area (Å²) >= 11 is 0. The van der Waals surface area contributed by atoms with Crippen molar-refractivity contribution < 1.29 is 14.6 Å². The third kappa shape index (κ3) is 4.58. The Labute approximate surface area is 143 Å². The highest BCUT2D eigenvalue weighted by atomic mass is 16.6. The number of hydrogen-bond donors (Lipinski definition) is 1. The quantitative estimate of drug-likeness (QED) is 0.466. The second kappa shape index (κ2) is 7.49. The zero-order chi connectivity index (χ0) is 18.6. The van der Waals surface area contributed by atoms with E-state index < -0.39 is 15.5 Å². The van der Waals surface area contributed by atoms with Crippen LogP contribution in [0.4, 0.5) is 22.7 Å². The molecule has 2 aromatic rings. The van der Waals surface area contributed by atoms with Gasteiger partial charge < -0.3 is 10.2 Å². The number of ketones is 1. The third-order valence-electron chi connectivity index (χ3n) is 3.31. The number of benzene rings is 2. The molecule has 0 spiro atoms. The molecule has 130 valence electrons. The number of anilines is 2. The Morgan fingerprint density at radius 3 is 2.40 bits per heavy atom. The summed E-state index contributed by atoms with van der Waals surface area (Å²) in [7, 11) is 3.56. The van der Waals surface area contributed by atoms with Gasteiger partial charge in [-0.05, 0) is 32.3 Å². The van der Waals surface area contributed by atoms with Crippen LogP contribution < -0.4 is 5.32 Å². The average Bonchev–Trinajstić information content (AvgIpc) is 2.54. The molecule has 0 bridgehead atoms. The summed E-state index contributed by atoms with van der Waals surface area (Å²) in [5.41, 5.74) is 0.254. The number of nitro groups is 2. The molecule has 1 N–H and O–H groups in total. The Morgan fingerprint density at radius 1 is 1.08 bits per heavy atom. The fraction of sp³-hybridized carbons (Fsp3) is 0.188. The topological polar surface area (TPSA) is 119 Å². The summed E-state index contributed by atoms with van der Waals surface area (Å²) in [5.74, 6) is -0.0909. The molecule has 0 radical (unpaired) electrons. The van der Waals surface area contributed by atoms with Crippen molar-refractivity contribution in [3.63, 3.8) is 0 Å². The normalized spacial score (nSPS) is 10.5. The fourth-order valence-electron chi connectivity index (χ4n) is 2.19. The van der Waals surface area contributed by atoms with Crippen LogP contribution in [0.3, 0.4) is 0 Å². The van der Waals surface area contributed by atoms with E-state index in [4.69, 9.17) is 0 Å². The summed E-state index contributed by atoms with van der Waals surface area (Å²) in [6, 6.07) is 9.88. The van der Waals surface area contributed by atoms with E-state index in [-0.39, 0.29) is 23.7 Å². The molecule has 0 heterocycles. The minimum atomic E-state index is -0.698. The van der Waals surface area contributed by atoms with E-state index in [2.05, 4.69) is 5.32 Å². The maximum absolute atomic E-state index is 12.1. The smallest absolute Gasteiger partial charge is 0.299 e. The summed E-state index contributed by atoms with van der Waals surface area (Å²) in [6.07, 6.45) is 0. The SMILES string of the molecule is CN(C)CC(=O)c1cccc(Nc2ccc([N+](=O)[O-])cc2[N+](=O)[O-])c1. The lowest BCUT2D eigenvalue weighted by Gasteiger charge is -2.11. The molecule has 0 saturated carbocycles. The Bertz CT molecular complexity index is 835. The monoisotopic (exact) mass is 344 g/mol. The molecule has 0 aliphatic rings. The molecule has 0 amide bonds. The van der Waals surface area contributed by atoms with Crippen molar-refractivity contribution >= 4 is 28.5 Å². The van der Waals surface area contributed by atoms with Crippen molar-refractivity contribution in [2.45, 2.75) is 0 Å². The number of carbonyl (C=O) groups excluding carboxylic acids is 1. The second-order valence-electron chi connectivity index (χ2n) is 5.58. The highest BCUT2D eigenvalue weighted by molar-refractivity contribution is 5.98. The van der Waals surface area contributed by atoms with Crippen LogP contribution in [0.2, 0.25) is 0 Å². The number of non-ortho nitro benzene ring substituents is 1. The molecule has 0 aliphatic carbocycles. The molecular formula is C16H16N4O5. The van der Waals surface area contributed by atoms with Gasteiger partial charge in [-0.15, -0.1) is 0 Å². The first-order chi connectivity index (χ1) is 11.8. The number of rotatable bonds is 7. The molecule has 25 heavy (non-hydrogen) atoms. The summed E-state index contributed by atoms with van der Waals surface area (Å²) in [5, 5.41) is 24.8. The summed E-state index contributed by atoms with van der Waals surface area (Å²) in [4.78, 5) is 34.4. The van der Waals surface area contributed by atoms with E-state index >= 15 is 0 Å². The first-order valence-corrected chi connectivity index (χ1v) is 7.26.